The lowest BCUT2D eigenvalue weighted by molar-refractivity contribution is 0.0524. The third-order valence-corrected chi connectivity index (χ3v) is 1.87. The molecule has 0 unspecified atom stereocenters. The molecule has 0 aliphatic carbocycles. The summed E-state index contributed by atoms with van der Waals surface area (Å²) in [6.45, 7) is 3.96. The number of nitriles is 1. The van der Waals surface area contributed by atoms with Gasteiger partial charge in [-0.25, -0.2) is 0 Å². The van der Waals surface area contributed by atoms with Gasteiger partial charge in [0.05, 0.1) is 12.7 Å². The van der Waals surface area contributed by atoms with Crippen LogP contribution in [-0.4, -0.2) is 25.9 Å². The van der Waals surface area contributed by atoms with Crippen molar-refractivity contribution in [3.63, 3.8) is 0 Å². The van der Waals surface area contributed by atoms with E-state index in [1.165, 1.54) is 0 Å². The van der Waals surface area contributed by atoms with Crippen molar-refractivity contribution in [3.8, 4) is 6.07 Å². The summed E-state index contributed by atoms with van der Waals surface area (Å²) < 4.78 is 10.4. The highest BCUT2D eigenvalue weighted by Gasteiger charge is 2.25. The Balaban J connectivity index is 2.35. The van der Waals surface area contributed by atoms with Gasteiger partial charge >= 0.3 is 0 Å². The van der Waals surface area contributed by atoms with E-state index < -0.39 is 0 Å². The van der Waals surface area contributed by atoms with Crippen LogP contribution < -0.4 is 0 Å². The molecule has 0 bridgehead atoms. The maximum Gasteiger partial charge on any atom is 0.149 e. The van der Waals surface area contributed by atoms with E-state index in [1.807, 2.05) is 6.92 Å². The number of nitrogens with zero attached hydrogens (tertiary/aromatic N) is 1. The highest BCUT2D eigenvalue weighted by Crippen LogP contribution is 2.18. The molecule has 11 heavy (non-hydrogen) atoms. The predicted octanol–water partition coefficient (Wildman–Crippen LogP) is 0.952. The maximum atomic E-state index is 8.69. The van der Waals surface area contributed by atoms with Gasteiger partial charge in [0.15, 0.2) is 0 Å². The fraction of sp³-hybridized carbons (Fsp3) is 0.875. The van der Waals surface area contributed by atoms with E-state index in [4.69, 9.17) is 14.7 Å². The third-order valence-electron chi connectivity index (χ3n) is 1.87. The Kier molecular flexibility index (Phi) is 3.34. The molecule has 0 saturated carbocycles. The smallest absolute Gasteiger partial charge is 0.149 e. The average Bonchev–Trinajstić information content (AvgIpc) is 2.52. The first-order valence-corrected chi connectivity index (χ1v) is 3.97. The van der Waals surface area contributed by atoms with Gasteiger partial charge in [0.1, 0.15) is 6.10 Å². The van der Waals surface area contributed by atoms with Gasteiger partial charge in [-0.15, -0.1) is 0 Å². The van der Waals surface area contributed by atoms with Crippen molar-refractivity contribution in [3.05, 3.63) is 0 Å². The van der Waals surface area contributed by atoms with Gasteiger partial charge in [-0.1, -0.05) is 0 Å². The Morgan fingerprint density at radius 1 is 1.82 bits per heavy atom. The van der Waals surface area contributed by atoms with Crippen LogP contribution in [0.25, 0.3) is 0 Å². The normalized spacial score (nSPS) is 26.4. The van der Waals surface area contributed by atoms with E-state index in [0.29, 0.717) is 19.1 Å². The molecule has 0 aromatic carbocycles. The zero-order chi connectivity index (χ0) is 8.10. The first kappa shape index (κ1) is 8.51. The second-order valence-electron chi connectivity index (χ2n) is 2.63. The summed E-state index contributed by atoms with van der Waals surface area (Å²) >= 11 is 0. The maximum absolute atomic E-state index is 8.69. The first-order valence-electron chi connectivity index (χ1n) is 3.97. The van der Waals surface area contributed by atoms with Crippen molar-refractivity contribution in [1.82, 2.24) is 0 Å². The van der Waals surface area contributed by atoms with Gasteiger partial charge in [-0.05, 0) is 13.3 Å². The molecular weight excluding hydrogens is 142 g/mol. The molecule has 2 atom stereocenters. The van der Waals surface area contributed by atoms with Crippen molar-refractivity contribution >= 4 is 0 Å². The Labute approximate surface area is 66.9 Å². The van der Waals surface area contributed by atoms with Crippen LogP contribution in [-0.2, 0) is 9.47 Å². The highest BCUT2D eigenvalue weighted by atomic mass is 16.5. The molecule has 0 spiro atoms. The van der Waals surface area contributed by atoms with Crippen LogP contribution in [0, 0.1) is 17.2 Å². The fourth-order valence-corrected chi connectivity index (χ4v) is 1.25. The molecule has 3 heteroatoms. The van der Waals surface area contributed by atoms with Crippen LogP contribution in [0.2, 0.25) is 0 Å². The molecule has 0 N–H and O–H groups in total. The minimum atomic E-state index is -0.262. The van der Waals surface area contributed by atoms with Crippen LogP contribution in [0.5, 0.6) is 0 Å². The number of rotatable bonds is 3. The topological polar surface area (TPSA) is 42.2 Å². The molecule has 0 aromatic heterocycles. The SMILES string of the molecule is CCO[C@H](C#N)[C@H]1CCOC1. The van der Waals surface area contributed by atoms with Gasteiger partial charge in [-0.3, -0.25) is 0 Å². The van der Waals surface area contributed by atoms with Crippen molar-refractivity contribution in [2.24, 2.45) is 5.92 Å². The number of hydrogen-bond acceptors (Lipinski definition) is 3. The molecule has 0 amide bonds. The molecule has 3 nitrogen and oxygen atoms in total. The molecule has 1 aliphatic rings. The second-order valence-corrected chi connectivity index (χ2v) is 2.63. The lowest BCUT2D eigenvalue weighted by Gasteiger charge is -2.13. The summed E-state index contributed by atoms with van der Waals surface area (Å²) in [4.78, 5) is 0. The number of ether oxygens (including phenoxy) is 2. The molecule has 1 saturated heterocycles. The minimum absolute atomic E-state index is 0.262. The van der Waals surface area contributed by atoms with Gasteiger partial charge < -0.3 is 9.47 Å². The largest absolute Gasteiger partial charge is 0.381 e. The average molecular weight is 155 g/mol. The van der Waals surface area contributed by atoms with E-state index in [9.17, 15) is 0 Å². The van der Waals surface area contributed by atoms with Gasteiger partial charge in [-0.2, -0.15) is 5.26 Å². The molecule has 62 valence electrons. The van der Waals surface area contributed by atoms with E-state index in [2.05, 4.69) is 6.07 Å². The quantitative estimate of drug-likeness (QED) is 0.609. The Morgan fingerprint density at radius 3 is 3.09 bits per heavy atom. The van der Waals surface area contributed by atoms with E-state index in [0.717, 1.165) is 13.0 Å². The molecule has 1 heterocycles. The van der Waals surface area contributed by atoms with Crippen molar-refractivity contribution < 1.29 is 9.47 Å². The van der Waals surface area contributed by atoms with E-state index in [-0.39, 0.29) is 6.10 Å². The van der Waals surface area contributed by atoms with Gasteiger partial charge in [0.2, 0.25) is 0 Å². The zero-order valence-electron chi connectivity index (χ0n) is 6.75. The second kappa shape index (κ2) is 4.32. The fourth-order valence-electron chi connectivity index (χ4n) is 1.25. The monoisotopic (exact) mass is 155 g/mol. The molecule has 1 fully saturated rings. The Hall–Kier alpha value is -0.590. The minimum Gasteiger partial charge on any atom is -0.381 e. The predicted molar refractivity (Wildman–Crippen MR) is 40.0 cm³/mol. The summed E-state index contributed by atoms with van der Waals surface area (Å²) in [5.41, 5.74) is 0. The molecule has 0 aromatic rings. The summed E-state index contributed by atoms with van der Waals surface area (Å²) in [6, 6.07) is 2.14. The van der Waals surface area contributed by atoms with Crippen molar-refractivity contribution in [1.29, 1.82) is 5.26 Å². The van der Waals surface area contributed by atoms with Crippen LogP contribution in [0.1, 0.15) is 13.3 Å². The lowest BCUT2D eigenvalue weighted by Crippen LogP contribution is -2.22. The van der Waals surface area contributed by atoms with Crippen LogP contribution >= 0.6 is 0 Å². The highest BCUT2D eigenvalue weighted by molar-refractivity contribution is 4.91. The third kappa shape index (κ3) is 2.18. The Bertz CT molecular complexity index is 147. The number of hydrogen-bond donors (Lipinski definition) is 0. The molecule has 0 radical (unpaired) electrons. The molecule has 1 aliphatic heterocycles. The summed E-state index contributed by atoms with van der Waals surface area (Å²) in [5.74, 6) is 0.292. The molecular formula is C8H13NO2. The first-order chi connectivity index (χ1) is 5.38. The van der Waals surface area contributed by atoms with Crippen LogP contribution in [0.4, 0.5) is 0 Å². The van der Waals surface area contributed by atoms with Gasteiger partial charge in [0, 0.05) is 19.1 Å². The molecule has 1 rings (SSSR count). The summed E-state index contributed by atoms with van der Waals surface area (Å²) in [6.07, 6.45) is 0.695. The Morgan fingerprint density at radius 2 is 2.64 bits per heavy atom. The van der Waals surface area contributed by atoms with Crippen molar-refractivity contribution in [2.75, 3.05) is 19.8 Å². The standard InChI is InChI=1S/C8H13NO2/c1-2-11-8(5-9)7-3-4-10-6-7/h7-8H,2-4,6H2,1H3/t7-,8+/m0/s1. The summed E-state index contributed by atoms with van der Waals surface area (Å²) in [7, 11) is 0. The summed E-state index contributed by atoms with van der Waals surface area (Å²) in [5, 5.41) is 8.69. The van der Waals surface area contributed by atoms with E-state index >= 15 is 0 Å². The lowest BCUT2D eigenvalue weighted by atomic mass is 10.0. The van der Waals surface area contributed by atoms with Crippen molar-refractivity contribution in [2.45, 2.75) is 19.4 Å². The van der Waals surface area contributed by atoms with Gasteiger partial charge in [0.25, 0.3) is 0 Å². The van der Waals surface area contributed by atoms with Crippen LogP contribution in [0.3, 0.4) is 0 Å². The van der Waals surface area contributed by atoms with Crippen LogP contribution in [0.15, 0.2) is 0 Å². The van der Waals surface area contributed by atoms with E-state index in [1.54, 1.807) is 0 Å². The zero-order valence-corrected chi connectivity index (χ0v) is 6.75.